The van der Waals surface area contributed by atoms with E-state index in [-0.39, 0.29) is 53.3 Å². The maximum Gasteiger partial charge on any atom is 0.274 e. The lowest BCUT2D eigenvalue weighted by molar-refractivity contribution is -0.385. The zero-order valence-corrected chi connectivity index (χ0v) is 19.1. The molecular formula is C22H23N3O7S. The van der Waals surface area contributed by atoms with Gasteiger partial charge in [0.2, 0.25) is 0 Å². The summed E-state index contributed by atoms with van der Waals surface area (Å²) in [6.07, 6.45) is 1.40. The van der Waals surface area contributed by atoms with Gasteiger partial charge >= 0.3 is 0 Å². The molecule has 0 radical (unpaired) electrons. The van der Waals surface area contributed by atoms with E-state index in [0.717, 1.165) is 17.8 Å². The number of nitrogens with zero attached hydrogens (tertiary/aromatic N) is 3. The van der Waals surface area contributed by atoms with Crippen LogP contribution in [-0.2, 0) is 9.53 Å². The minimum atomic E-state index is -0.588. The summed E-state index contributed by atoms with van der Waals surface area (Å²) in [5.41, 5.74) is 0.453. The first kappa shape index (κ1) is 24.1. The van der Waals surface area contributed by atoms with Gasteiger partial charge in [0, 0.05) is 18.7 Å². The summed E-state index contributed by atoms with van der Waals surface area (Å²) >= 11 is 1.10. The third-order valence-electron chi connectivity index (χ3n) is 4.59. The van der Waals surface area contributed by atoms with Gasteiger partial charge in [-0.1, -0.05) is 0 Å². The highest BCUT2D eigenvalue weighted by atomic mass is 32.2. The molecule has 3 rings (SSSR count). The first-order valence-electron chi connectivity index (χ1n) is 9.95. The number of nitro benzene ring substituents is 1. The third-order valence-corrected chi connectivity index (χ3v) is 5.60. The van der Waals surface area contributed by atoms with Crippen molar-refractivity contribution in [3.63, 3.8) is 0 Å². The second kappa shape index (κ2) is 10.8. The Morgan fingerprint density at radius 2 is 1.97 bits per heavy atom. The van der Waals surface area contributed by atoms with Crippen LogP contribution in [0.25, 0.3) is 6.08 Å². The summed E-state index contributed by atoms with van der Waals surface area (Å²) in [6, 6.07) is 9.37. The molecule has 0 atom stereocenters. The summed E-state index contributed by atoms with van der Waals surface area (Å²) in [5.74, 6) is 0.00930. The number of non-ortho nitro benzene ring substituents is 1. The van der Waals surface area contributed by atoms with Crippen molar-refractivity contribution in [2.24, 2.45) is 4.99 Å². The fourth-order valence-corrected chi connectivity index (χ4v) is 3.99. The minimum Gasteiger partial charge on any atom is -0.504 e. The highest BCUT2D eigenvalue weighted by Crippen LogP contribution is 2.40. The molecule has 0 unspecified atom stereocenters. The lowest BCUT2D eigenvalue weighted by Crippen LogP contribution is -2.32. The molecule has 0 aromatic heterocycles. The molecule has 10 nitrogen and oxygen atoms in total. The Morgan fingerprint density at radius 3 is 2.58 bits per heavy atom. The lowest BCUT2D eigenvalue weighted by atomic mass is 10.1. The maximum absolute atomic E-state index is 13.1. The Kier molecular flexibility index (Phi) is 7.91. The standard InChI is InChI=1S/C22H23N3O7S/c1-4-32-18-13-16(25(28)29)11-14(20(18)26)12-19-21(27)24(9-10-30-2)22(33-19)23-15-5-7-17(31-3)8-6-15/h5-8,11-13,26H,4,9-10H2,1-3H3/b19-12-,23-22?. The van der Waals surface area contributed by atoms with Crippen LogP contribution in [0.15, 0.2) is 46.3 Å². The van der Waals surface area contributed by atoms with E-state index in [0.29, 0.717) is 16.6 Å². The number of methoxy groups -OCH3 is 2. The van der Waals surface area contributed by atoms with Crippen molar-refractivity contribution >= 4 is 40.3 Å². The zero-order valence-electron chi connectivity index (χ0n) is 18.3. The van der Waals surface area contributed by atoms with Crippen LogP contribution in [0.4, 0.5) is 11.4 Å². The van der Waals surface area contributed by atoms with Crippen LogP contribution >= 0.6 is 11.8 Å². The third kappa shape index (κ3) is 5.62. The maximum atomic E-state index is 13.1. The number of ether oxygens (including phenoxy) is 3. The molecular weight excluding hydrogens is 450 g/mol. The van der Waals surface area contributed by atoms with Gasteiger partial charge in [-0.2, -0.15) is 0 Å². The van der Waals surface area contributed by atoms with Crippen molar-refractivity contribution in [3.05, 3.63) is 57.0 Å². The van der Waals surface area contributed by atoms with E-state index in [2.05, 4.69) is 4.99 Å². The van der Waals surface area contributed by atoms with Crippen molar-refractivity contribution in [1.82, 2.24) is 4.90 Å². The predicted molar refractivity (Wildman–Crippen MR) is 125 cm³/mol. The Bertz CT molecular complexity index is 1100. The Balaban J connectivity index is 2.01. The van der Waals surface area contributed by atoms with E-state index in [1.165, 1.54) is 24.2 Å². The van der Waals surface area contributed by atoms with Crippen molar-refractivity contribution < 1.29 is 29.0 Å². The van der Waals surface area contributed by atoms with Gasteiger partial charge in [0.25, 0.3) is 11.6 Å². The number of hydrogen-bond donors (Lipinski definition) is 1. The fraction of sp³-hybridized carbons (Fsp3) is 0.273. The van der Waals surface area contributed by atoms with E-state index >= 15 is 0 Å². The number of hydrogen-bond acceptors (Lipinski definition) is 9. The number of aliphatic imine (C=N–C) groups is 1. The minimum absolute atomic E-state index is 0.0302. The molecule has 1 N–H and O–H groups in total. The Hall–Kier alpha value is -3.57. The monoisotopic (exact) mass is 473 g/mol. The number of benzene rings is 2. The number of rotatable bonds is 9. The van der Waals surface area contributed by atoms with Gasteiger partial charge in [0.15, 0.2) is 16.7 Å². The molecule has 1 aliphatic heterocycles. The van der Waals surface area contributed by atoms with Gasteiger partial charge in [-0.15, -0.1) is 0 Å². The summed E-state index contributed by atoms with van der Waals surface area (Å²) in [5, 5.41) is 22.3. The van der Waals surface area contributed by atoms with E-state index in [1.807, 2.05) is 0 Å². The largest absolute Gasteiger partial charge is 0.504 e. The number of carbonyl (C=O) groups is 1. The smallest absolute Gasteiger partial charge is 0.274 e. The van der Waals surface area contributed by atoms with Gasteiger partial charge in [0.05, 0.1) is 48.5 Å². The highest BCUT2D eigenvalue weighted by Gasteiger charge is 2.33. The van der Waals surface area contributed by atoms with Crippen molar-refractivity contribution in [1.29, 1.82) is 0 Å². The van der Waals surface area contributed by atoms with Crippen LogP contribution in [0.2, 0.25) is 0 Å². The zero-order chi connectivity index (χ0) is 24.0. The Morgan fingerprint density at radius 1 is 1.24 bits per heavy atom. The SMILES string of the molecule is CCOc1cc([N+](=O)[O-])cc(/C=C2\SC(=Nc3ccc(OC)cc3)N(CCOC)C2=O)c1O. The van der Waals surface area contributed by atoms with Gasteiger partial charge < -0.3 is 19.3 Å². The summed E-state index contributed by atoms with van der Waals surface area (Å²) in [6.45, 7) is 2.46. The van der Waals surface area contributed by atoms with Gasteiger partial charge in [-0.05, 0) is 49.0 Å². The topological polar surface area (TPSA) is 124 Å². The van der Waals surface area contributed by atoms with Crippen LogP contribution < -0.4 is 9.47 Å². The van der Waals surface area contributed by atoms with Gasteiger partial charge in [-0.3, -0.25) is 19.8 Å². The number of thioether (sulfide) groups is 1. The molecule has 1 saturated heterocycles. The summed E-state index contributed by atoms with van der Waals surface area (Å²) < 4.78 is 15.6. The highest BCUT2D eigenvalue weighted by molar-refractivity contribution is 8.18. The molecule has 2 aromatic carbocycles. The normalized spacial score (nSPS) is 16.0. The van der Waals surface area contributed by atoms with Crippen molar-refractivity contribution in [2.75, 3.05) is 34.0 Å². The molecule has 1 aliphatic rings. The molecule has 1 heterocycles. The number of phenolic OH excluding ortho intramolecular Hbond substituents is 1. The number of amides is 1. The molecule has 0 spiro atoms. The molecule has 0 aliphatic carbocycles. The second-order valence-corrected chi connectivity index (χ2v) is 7.73. The summed E-state index contributed by atoms with van der Waals surface area (Å²) in [7, 11) is 3.09. The predicted octanol–water partition coefficient (Wildman–Crippen LogP) is 3.96. The van der Waals surface area contributed by atoms with Crippen molar-refractivity contribution in [2.45, 2.75) is 6.92 Å². The van der Waals surface area contributed by atoms with E-state index in [4.69, 9.17) is 14.2 Å². The average Bonchev–Trinajstić information content (AvgIpc) is 3.09. The van der Waals surface area contributed by atoms with Crippen LogP contribution in [0.3, 0.4) is 0 Å². The Labute approximate surface area is 194 Å². The van der Waals surface area contributed by atoms with Crippen LogP contribution in [0.5, 0.6) is 17.2 Å². The quantitative estimate of drug-likeness (QED) is 0.330. The molecule has 33 heavy (non-hydrogen) atoms. The average molecular weight is 474 g/mol. The number of nitro groups is 1. The number of carbonyl (C=O) groups excluding carboxylic acids is 1. The molecule has 11 heteroatoms. The fourth-order valence-electron chi connectivity index (χ4n) is 2.97. The number of aromatic hydroxyl groups is 1. The van der Waals surface area contributed by atoms with E-state index < -0.39 is 4.92 Å². The summed E-state index contributed by atoms with van der Waals surface area (Å²) in [4.78, 5) is 30.1. The van der Waals surface area contributed by atoms with Crippen molar-refractivity contribution in [3.8, 4) is 17.2 Å². The van der Waals surface area contributed by atoms with Crippen LogP contribution in [0, 0.1) is 10.1 Å². The molecule has 2 aromatic rings. The van der Waals surface area contributed by atoms with Crippen LogP contribution in [-0.4, -0.2) is 60.0 Å². The first-order chi connectivity index (χ1) is 15.9. The van der Waals surface area contributed by atoms with Gasteiger partial charge in [-0.25, -0.2) is 4.99 Å². The van der Waals surface area contributed by atoms with Gasteiger partial charge in [0.1, 0.15) is 5.75 Å². The van der Waals surface area contributed by atoms with E-state index in [9.17, 15) is 20.0 Å². The second-order valence-electron chi connectivity index (χ2n) is 6.72. The molecule has 0 bridgehead atoms. The first-order valence-corrected chi connectivity index (χ1v) is 10.8. The molecule has 1 fully saturated rings. The number of phenols is 1. The molecule has 1 amide bonds. The molecule has 174 valence electrons. The van der Waals surface area contributed by atoms with Crippen LogP contribution in [0.1, 0.15) is 12.5 Å². The number of amidine groups is 1. The van der Waals surface area contributed by atoms with E-state index in [1.54, 1.807) is 38.3 Å². The lowest BCUT2D eigenvalue weighted by Gasteiger charge is -2.14. The molecule has 0 saturated carbocycles.